The van der Waals surface area contributed by atoms with Gasteiger partial charge in [0.2, 0.25) is 0 Å². The fourth-order valence-corrected chi connectivity index (χ4v) is 5.79. The van der Waals surface area contributed by atoms with Crippen molar-refractivity contribution in [3.63, 3.8) is 0 Å². The maximum absolute atomic E-state index is 12.5. The zero-order chi connectivity index (χ0) is 13.5. The first-order valence-electron chi connectivity index (χ1n) is 5.85. The van der Waals surface area contributed by atoms with Gasteiger partial charge in [-0.3, -0.25) is 0 Å². The van der Waals surface area contributed by atoms with E-state index in [1.54, 1.807) is 22.8 Å². The molecule has 4 nitrogen and oxygen atoms in total. The van der Waals surface area contributed by atoms with Crippen molar-refractivity contribution < 1.29 is 13.5 Å². The lowest BCUT2D eigenvalue weighted by molar-refractivity contribution is 0.282. The molecular weight excluding hydrogens is 302 g/mol. The molecule has 102 valence electrons. The lowest BCUT2D eigenvalue weighted by Gasteiger charge is -2.25. The summed E-state index contributed by atoms with van der Waals surface area (Å²) in [4.78, 5) is 1.29. The number of hydrogen-bond acceptors (Lipinski definition) is 5. The predicted molar refractivity (Wildman–Crippen MR) is 75.9 cm³/mol. The molecule has 1 aliphatic rings. The normalized spacial score (nSPS) is 16.5. The average molecular weight is 315 g/mol. The van der Waals surface area contributed by atoms with Crippen LogP contribution in [-0.2, 0) is 29.6 Å². The fourth-order valence-electron chi connectivity index (χ4n) is 2.13. The van der Waals surface area contributed by atoms with Gasteiger partial charge in [0, 0.05) is 18.0 Å². The topological polar surface area (TPSA) is 57.6 Å². The van der Waals surface area contributed by atoms with Crippen LogP contribution in [0.2, 0.25) is 0 Å². The maximum atomic E-state index is 12.5. The molecule has 0 saturated heterocycles. The van der Waals surface area contributed by atoms with Gasteiger partial charge in [-0.05, 0) is 40.4 Å². The first-order chi connectivity index (χ1) is 9.11. The quantitative estimate of drug-likeness (QED) is 0.943. The smallest absolute Gasteiger partial charge is 0.252 e. The molecule has 7 heteroatoms. The van der Waals surface area contributed by atoms with Crippen molar-refractivity contribution in [1.29, 1.82) is 0 Å². The molecule has 0 aromatic carbocycles. The van der Waals surface area contributed by atoms with Gasteiger partial charge in [0.1, 0.15) is 4.21 Å². The van der Waals surface area contributed by atoms with Crippen LogP contribution in [-0.4, -0.2) is 24.4 Å². The van der Waals surface area contributed by atoms with Crippen molar-refractivity contribution in [1.82, 2.24) is 4.31 Å². The first kappa shape index (κ1) is 13.3. The Morgan fingerprint density at radius 1 is 1.37 bits per heavy atom. The molecule has 0 bridgehead atoms. The monoisotopic (exact) mass is 315 g/mol. The second kappa shape index (κ2) is 4.99. The molecule has 3 heterocycles. The molecule has 0 fully saturated rings. The van der Waals surface area contributed by atoms with Crippen LogP contribution in [0.5, 0.6) is 0 Å². The van der Waals surface area contributed by atoms with Gasteiger partial charge in [0.05, 0.1) is 6.61 Å². The Labute approximate surface area is 120 Å². The van der Waals surface area contributed by atoms with Crippen LogP contribution in [0.15, 0.2) is 27.1 Å². The predicted octanol–water partition coefficient (Wildman–Crippen LogP) is 2.05. The summed E-state index contributed by atoms with van der Waals surface area (Å²) in [7, 11) is -3.43. The lowest BCUT2D eigenvalue weighted by Crippen LogP contribution is -2.34. The third kappa shape index (κ3) is 2.36. The van der Waals surface area contributed by atoms with Crippen LogP contribution in [0.25, 0.3) is 0 Å². The largest absolute Gasteiger partial charge is 0.392 e. The third-order valence-electron chi connectivity index (χ3n) is 3.18. The van der Waals surface area contributed by atoms with Crippen LogP contribution in [0, 0.1) is 0 Å². The Bertz CT molecular complexity index is 687. The Hall–Kier alpha value is -0.730. The van der Waals surface area contributed by atoms with Crippen molar-refractivity contribution in [3.05, 3.63) is 38.9 Å². The maximum Gasteiger partial charge on any atom is 0.252 e. The first-order valence-corrected chi connectivity index (χ1v) is 9.05. The molecule has 1 N–H and O–H groups in total. The summed E-state index contributed by atoms with van der Waals surface area (Å²) in [5.41, 5.74) is 1.76. The van der Waals surface area contributed by atoms with Gasteiger partial charge in [0.25, 0.3) is 10.0 Å². The van der Waals surface area contributed by atoms with Crippen LogP contribution in [0.3, 0.4) is 0 Å². The molecule has 2 aromatic heterocycles. The minimum Gasteiger partial charge on any atom is -0.392 e. The second-order valence-corrected chi connectivity index (χ2v) is 8.47. The summed E-state index contributed by atoms with van der Waals surface area (Å²) in [5, 5.41) is 12.7. The zero-order valence-electron chi connectivity index (χ0n) is 10.1. The summed E-state index contributed by atoms with van der Waals surface area (Å²) < 4.78 is 26.9. The lowest BCUT2D eigenvalue weighted by atomic mass is 10.1. The van der Waals surface area contributed by atoms with Gasteiger partial charge in [-0.15, -0.1) is 22.7 Å². The van der Waals surface area contributed by atoms with Gasteiger partial charge < -0.3 is 5.11 Å². The summed E-state index contributed by atoms with van der Waals surface area (Å²) in [6.45, 7) is 0.858. The second-order valence-electron chi connectivity index (χ2n) is 4.39. The van der Waals surface area contributed by atoms with Crippen LogP contribution in [0.1, 0.15) is 16.0 Å². The molecule has 0 spiro atoms. The third-order valence-corrected chi connectivity index (χ3v) is 7.51. The van der Waals surface area contributed by atoms with Crippen molar-refractivity contribution in [2.45, 2.75) is 23.8 Å². The van der Waals surface area contributed by atoms with Crippen molar-refractivity contribution in [3.8, 4) is 0 Å². The SMILES string of the molecule is O=S(=O)(c1cc(CO)cs1)N1CCc2sccc2C1. The molecule has 3 rings (SSSR count). The van der Waals surface area contributed by atoms with Gasteiger partial charge in [-0.25, -0.2) is 8.42 Å². The molecule has 0 atom stereocenters. The van der Waals surface area contributed by atoms with E-state index < -0.39 is 10.0 Å². The molecule has 0 aliphatic carbocycles. The van der Waals surface area contributed by atoms with Crippen LogP contribution >= 0.6 is 22.7 Å². The van der Waals surface area contributed by atoms with E-state index in [2.05, 4.69) is 0 Å². The standard InChI is InChI=1S/C12H13NO3S3/c14-7-9-5-12(18-8-9)19(15,16)13-3-1-11-10(6-13)2-4-17-11/h2,4-5,8,14H,1,3,6-7H2. The summed E-state index contributed by atoms with van der Waals surface area (Å²) in [5.74, 6) is 0. The van der Waals surface area contributed by atoms with Crippen LogP contribution < -0.4 is 0 Å². The van der Waals surface area contributed by atoms with Crippen molar-refractivity contribution in [2.75, 3.05) is 6.54 Å². The van der Waals surface area contributed by atoms with E-state index in [4.69, 9.17) is 5.11 Å². The highest BCUT2D eigenvalue weighted by Crippen LogP contribution is 2.30. The molecule has 0 unspecified atom stereocenters. The highest BCUT2D eigenvalue weighted by atomic mass is 32.2. The minimum atomic E-state index is -3.43. The summed E-state index contributed by atoms with van der Waals surface area (Å²) >= 11 is 2.86. The van der Waals surface area contributed by atoms with Crippen LogP contribution in [0.4, 0.5) is 0 Å². The average Bonchev–Trinajstić information content (AvgIpc) is 3.06. The van der Waals surface area contributed by atoms with E-state index in [1.165, 1.54) is 20.5 Å². The van der Waals surface area contributed by atoms with E-state index in [-0.39, 0.29) is 6.61 Å². The summed E-state index contributed by atoms with van der Waals surface area (Å²) in [6.07, 6.45) is 0.782. The number of aliphatic hydroxyl groups is 1. The van der Waals surface area contributed by atoms with Crippen molar-refractivity contribution in [2.24, 2.45) is 0 Å². The van der Waals surface area contributed by atoms with Gasteiger partial charge in [0.15, 0.2) is 0 Å². The Morgan fingerprint density at radius 3 is 2.95 bits per heavy atom. The van der Waals surface area contributed by atoms with E-state index in [0.717, 1.165) is 12.0 Å². The Morgan fingerprint density at radius 2 is 2.21 bits per heavy atom. The van der Waals surface area contributed by atoms with E-state index in [1.807, 2.05) is 11.4 Å². The van der Waals surface area contributed by atoms with Crippen molar-refractivity contribution >= 4 is 32.7 Å². The molecule has 0 saturated carbocycles. The van der Waals surface area contributed by atoms with E-state index in [0.29, 0.717) is 22.9 Å². The number of thiophene rings is 2. The number of aliphatic hydroxyl groups excluding tert-OH is 1. The molecule has 1 aliphatic heterocycles. The highest BCUT2D eigenvalue weighted by molar-refractivity contribution is 7.91. The molecule has 0 amide bonds. The molecule has 0 radical (unpaired) electrons. The number of nitrogens with zero attached hydrogens (tertiary/aromatic N) is 1. The minimum absolute atomic E-state index is 0.124. The summed E-state index contributed by atoms with van der Waals surface area (Å²) in [6, 6.07) is 3.55. The number of fused-ring (bicyclic) bond motifs is 1. The highest BCUT2D eigenvalue weighted by Gasteiger charge is 2.29. The van der Waals surface area contributed by atoms with Gasteiger partial charge in [-0.2, -0.15) is 4.31 Å². The molecular formula is C12H13NO3S3. The van der Waals surface area contributed by atoms with Gasteiger partial charge >= 0.3 is 0 Å². The van der Waals surface area contributed by atoms with E-state index >= 15 is 0 Å². The molecule has 2 aromatic rings. The number of sulfonamides is 1. The number of hydrogen-bond donors (Lipinski definition) is 1. The molecule has 19 heavy (non-hydrogen) atoms. The van der Waals surface area contributed by atoms with E-state index in [9.17, 15) is 8.42 Å². The fraction of sp³-hybridized carbons (Fsp3) is 0.333. The zero-order valence-corrected chi connectivity index (χ0v) is 12.5. The number of rotatable bonds is 3. The Balaban J connectivity index is 1.89. The Kier molecular flexibility index (Phi) is 3.48. The van der Waals surface area contributed by atoms with Gasteiger partial charge in [-0.1, -0.05) is 0 Å².